The van der Waals surface area contributed by atoms with Crippen molar-refractivity contribution in [2.75, 3.05) is 0 Å². The lowest BCUT2D eigenvalue weighted by atomic mass is 10.0. The minimum atomic E-state index is -0.458. The van der Waals surface area contributed by atoms with E-state index in [2.05, 4.69) is 5.32 Å². The lowest BCUT2D eigenvalue weighted by Gasteiger charge is -2.15. The molecule has 6 nitrogen and oxygen atoms in total. The molecule has 0 radical (unpaired) electrons. The van der Waals surface area contributed by atoms with Crippen molar-refractivity contribution in [3.63, 3.8) is 0 Å². The van der Waals surface area contributed by atoms with E-state index in [9.17, 15) is 14.9 Å². The van der Waals surface area contributed by atoms with Gasteiger partial charge in [-0.3, -0.25) is 14.9 Å². The Morgan fingerprint density at radius 2 is 1.94 bits per heavy atom. The van der Waals surface area contributed by atoms with Gasteiger partial charge in [-0.15, -0.1) is 0 Å². The molecule has 1 aromatic carbocycles. The molecule has 1 amide bonds. The lowest BCUT2D eigenvalue weighted by molar-refractivity contribution is -0.384. The predicted octanol–water partition coefficient (Wildman–Crippen LogP) is 1.19. The first-order valence-corrected chi connectivity index (χ1v) is 5.68. The van der Waals surface area contributed by atoms with E-state index in [4.69, 9.17) is 5.73 Å². The van der Waals surface area contributed by atoms with Gasteiger partial charge in [-0.05, 0) is 12.5 Å². The molecular formula is C12H17N3O3. The highest BCUT2D eigenvalue weighted by atomic mass is 16.6. The predicted molar refractivity (Wildman–Crippen MR) is 67.8 cm³/mol. The average Bonchev–Trinajstić information content (AvgIpc) is 2.35. The molecule has 6 heteroatoms. The number of non-ortho nitro benzene ring substituents is 1. The van der Waals surface area contributed by atoms with Crippen LogP contribution in [0.5, 0.6) is 0 Å². The molecule has 2 atom stereocenters. The van der Waals surface area contributed by atoms with Crippen molar-refractivity contribution in [2.45, 2.75) is 26.4 Å². The van der Waals surface area contributed by atoms with Crippen LogP contribution >= 0.6 is 0 Å². The molecule has 0 saturated carbocycles. The lowest BCUT2D eigenvalue weighted by Crippen LogP contribution is -2.38. The van der Waals surface area contributed by atoms with Crippen LogP contribution in [0, 0.1) is 16.0 Å². The van der Waals surface area contributed by atoms with E-state index in [1.54, 1.807) is 26.0 Å². The number of nitrogens with two attached hydrogens (primary N) is 1. The highest BCUT2D eigenvalue weighted by Gasteiger charge is 2.16. The van der Waals surface area contributed by atoms with E-state index >= 15 is 0 Å². The van der Waals surface area contributed by atoms with Crippen molar-refractivity contribution in [1.82, 2.24) is 5.32 Å². The number of nitrogens with one attached hydrogen (secondary N) is 1. The Bertz CT molecular complexity index is 429. The second kappa shape index (κ2) is 6.11. The number of nitro benzene ring substituents is 1. The Morgan fingerprint density at radius 1 is 1.39 bits per heavy atom. The summed E-state index contributed by atoms with van der Waals surface area (Å²) in [6, 6.07) is 5.86. The summed E-state index contributed by atoms with van der Waals surface area (Å²) < 4.78 is 0. The van der Waals surface area contributed by atoms with E-state index in [1.807, 2.05) is 0 Å². The van der Waals surface area contributed by atoms with Gasteiger partial charge in [-0.1, -0.05) is 19.1 Å². The summed E-state index contributed by atoms with van der Waals surface area (Å²) in [4.78, 5) is 21.6. The van der Waals surface area contributed by atoms with Gasteiger partial charge in [0.25, 0.3) is 5.69 Å². The second-order valence-electron chi connectivity index (χ2n) is 4.29. The zero-order valence-electron chi connectivity index (χ0n) is 10.4. The Labute approximate surface area is 105 Å². The van der Waals surface area contributed by atoms with Crippen molar-refractivity contribution in [3.8, 4) is 0 Å². The van der Waals surface area contributed by atoms with Crippen LogP contribution in [-0.2, 0) is 11.3 Å². The molecular weight excluding hydrogens is 234 g/mol. The highest BCUT2D eigenvalue weighted by Crippen LogP contribution is 2.11. The number of nitro groups is 1. The van der Waals surface area contributed by atoms with Gasteiger partial charge in [0.1, 0.15) is 0 Å². The number of rotatable bonds is 5. The minimum Gasteiger partial charge on any atom is -0.352 e. The van der Waals surface area contributed by atoms with Crippen LogP contribution in [0.3, 0.4) is 0 Å². The van der Waals surface area contributed by atoms with E-state index in [0.717, 1.165) is 5.56 Å². The monoisotopic (exact) mass is 251 g/mol. The molecule has 0 fully saturated rings. The zero-order chi connectivity index (χ0) is 13.7. The first-order chi connectivity index (χ1) is 8.41. The van der Waals surface area contributed by atoms with E-state index in [1.165, 1.54) is 12.1 Å². The Balaban J connectivity index is 2.54. The van der Waals surface area contributed by atoms with Gasteiger partial charge in [0.15, 0.2) is 0 Å². The maximum Gasteiger partial charge on any atom is 0.269 e. The van der Waals surface area contributed by atoms with Gasteiger partial charge in [0.05, 0.1) is 4.92 Å². The minimum absolute atomic E-state index is 0.0361. The molecule has 0 aliphatic carbocycles. The number of hydrogen-bond donors (Lipinski definition) is 2. The van der Waals surface area contributed by atoms with Crippen molar-refractivity contribution in [3.05, 3.63) is 39.9 Å². The summed E-state index contributed by atoms with van der Waals surface area (Å²) in [6.07, 6.45) is 0. The van der Waals surface area contributed by atoms with E-state index in [-0.39, 0.29) is 23.6 Å². The third-order valence-corrected chi connectivity index (χ3v) is 2.82. The number of amides is 1. The normalized spacial score (nSPS) is 13.7. The molecule has 0 bridgehead atoms. The number of carbonyl (C=O) groups is 1. The molecule has 0 saturated heterocycles. The van der Waals surface area contributed by atoms with Crippen LogP contribution in [0.25, 0.3) is 0 Å². The first kappa shape index (κ1) is 14.1. The fourth-order valence-electron chi connectivity index (χ4n) is 1.32. The molecule has 0 aliphatic heterocycles. The van der Waals surface area contributed by atoms with Crippen LogP contribution in [0.2, 0.25) is 0 Å². The van der Waals surface area contributed by atoms with Gasteiger partial charge >= 0.3 is 0 Å². The summed E-state index contributed by atoms with van der Waals surface area (Å²) >= 11 is 0. The molecule has 2 unspecified atom stereocenters. The fraction of sp³-hybridized carbons (Fsp3) is 0.417. The van der Waals surface area contributed by atoms with Crippen molar-refractivity contribution >= 4 is 11.6 Å². The summed E-state index contributed by atoms with van der Waals surface area (Å²) in [5.41, 5.74) is 6.47. The van der Waals surface area contributed by atoms with Crippen molar-refractivity contribution in [2.24, 2.45) is 11.7 Å². The second-order valence-corrected chi connectivity index (χ2v) is 4.29. The molecule has 98 valence electrons. The summed E-state index contributed by atoms with van der Waals surface area (Å²) in [7, 11) is 0. The van der Waals surface area contributed by atoms with E-state index in [0.29, 0.717) is 6.54 Å². The molecule has 1 aromatic rings. The van der Waals surface area contributed by atoms with E-state index < -0.39 is 4.92 Å². The van der Waals surface area contributed by atoms with Crippen LogP contribution < -0.4 is 11.1 Å². The third-order valence-electron chi connectivity index (χ3n) is 2.82. The van der Waals surface area contributed by atoms with Crippen LogP contribution in [0.1, 0.15) is 19.4 Å². The maximum atomic E-state index is 11.6. The fourth-order valence-corrected chi connectivity index (χ4v) is 1.32. The molecule has 0 spiro atoms. The zero-order valence-corrected chi connectivity index (χ0v) is 10.4. The van der Waals surface area contributed by atoms with Crippen molar-refractivity contribution in [1.29, 1.82) is 0 Å². The standard InChI is InChI=1S/C12H17N3O3/c1-8(9(2)13)12(16)14-7-10-3-5-11(6-4-10)15(17)18/h3-6,8-9H,7,13H2,1-2H3,(H,14,16). The number of hydrogen-bond acceptors (Lipinski definition) is 4. The topological polar surface area (TPSA) is 98.3 Å². The van der Waals surface area contributed by atoms with Crippen LogP contribution in [-0.4, -0.2) is 16.9 Å². The average molecular weight is 251 g/mol. The SMILES string of the molecule is CC(N)C(C)C(=O)NCc1ccc([N+](=O)[O-])cc1. The quantitative estimate of drug-likeness (QED) is 0.606. The van der Waals surface area contributed by atoms with Gasteiger partial charge in [-0.25, -0.2) is 0 Å². The first-order valence-electron chi connectivity index (χ1n) is 5.68. The smallest absolute Gasteiger partial charge is 0.269 e. The maximum absolute atomic E-state index is 11.6. The largest absolute Gasteiger partial charge is 0.352 e. The molecule has 0 aromatic heterocycles. The summed E-state index contributed by atoms with van der Waals surface area (Å²) in [6.45, 7) is 3.87. The summed E-state index contributed by atoms with van der Waals surface area (Å²) in [5, 5.41) is 13.2. The molecule has 0 aliphatic rings. The highest BCUT2D eigenvalue weighted by molar-refractivity contribution is 5.78. The Morgan fingerprint density at radius 3 is 2.39 bits per heavy atom. The van der Waals surface area contributed by atoms with Crippen LogP contribution in [0.4, 0.5) is 5.69 Å². The Hall–Kier alpha value is -1.95. The molecule has 3 N–H and O–H groups in total. The van der Waals surface area contributed by atoms with Crippen LogP contribution in [0.15, 0.2) is 24.3 Å². The number of nitrogens with zero attached hydrogens (tertiary/aromatic N) is 1. The number of carbonyl (C=O) groups excluding carboxylic acids is 1. The van der Waals surface area contributed by atoms with Gasteiger partial charge in [0, 0.05) is 30.6 Å². The molecule has 0 heterocycles. The third kappa shape index (κ3) is 3.81. The molecule has 1 rings (SSSR count). The summed E-state index contributed by atoms with van der Waals surface area (Å²) in [5.74, 6) is -0.383. The van der Waals surface area contributed by atoms with Gasteiger partial charge < -0.3 is 11.1 Å². The van der Waals surface area contributed by atoms with Gasteiger partial charge in [0.2, 0.25) is 5.91 Å². The molecule has 18 heavy (non-hydrogen) atoms. The number of benzene rings is 1. The van der Waals surface area contributed by atoms with Crippen molar-refractivity contribution < 1.29 is 9.72 Å². The van der Waals surface area contributed by atoms with Gasteiger partial charge in [-0.2, -0.15) is 0 Å². The Kier molecular flexibility index (Phi) is 4.79.